The fraction of sp³-hybridized carbons (Fsp3) is 0.261. The first-order valence-corrected chi connectivity index (χ1v) is 9.33. The van der Waals surface area contributed by atoms with Gasteiger partial charge in [-0.05, 0) is 30.2 Å². The Hall–Kier alpha value is -3.21. The highest BCUT2D eigenvalue weighted by molar-refractivity contribution is 5.92. The van der Waals surface area contributed by atoms with E-state index in [0.29, 0.717) is 10.9 Å². The van der Waals surface area contributed by atoms with Crippen LogP contribution in [0.2, 0.25) is 0 Å². The molecule has 3 aromatic rings. The number of likely N-dealkylation sites (N-methyl/N-ethyl adjacent to an activating group) is 1. The lowest BCUT2D eigenvalue weighted by Crippen LogP contribution is -2.27. The van der Waals surface area contributed by atoms with E-state index in [2.05, 4.69) is 35.9 Å². The highest BCUT2D eigenvalue weighted by Gasteiger charge is 2.38. The van der Waals surface area contributed by atoms with Gasteiger partial charge >= 0.3 is 0 Å². The molecule has 0 amide bonds. The highest BCUT2D eigenvalue weighted by Crippen LogP contribution is 2.46. The molecule has 0 radical (unpaired) electrons. The van der Waals surface area contributed by atoms with Crippen molar-refractivity contribution in [3.63, 3.8) is 0 Å². The van der Waals surface area contributed by atoms with Crippen LogP contribution in [0.25, 0.3) is 10.9 Å². The quantitative estimate of drug-likeness (QED) is 0.659. The lowest BCUT2D eigenvalue weighted by Gasteiger charge is -2.24. The molecule has 28 heavy (non-hydrogen) atoms. The van der Waals surface area contributed by atoms with E-state index in [-0.39, 0.29) is 23.3 Å². The average Bonchev–Trinajstić information content (AvgIpc) is 2.86. The Balaban J connectivity index is 1.68. The van der Waals surface area contributed by atoms with E-state index in [4.69, 9.17) is 0 Å². The molecule has 5 nitrogen and oxygen atoms in total. The molecule has 0 atom stereocenters. The molecular weight excluding hydrogens is 350 g/mol. The van der Waals surface area contributed by atoms with E-state index in [1.54, 1.807) is 12.1 Å². The molecule has 2 heterocycles. The molecule has 0 fully saturated rings. The van der Waals surface area contributed by atoms with Crippen molar-refractivity contribution in [3.05, 3.63) is 82.0 Å². The maximum Gasteiger partial charge on any atom is 0.261 e. The molecular formula is C23H23N3O2. The van der Waals surface area contributed by atoms with Crippen LogP contribution in [-0.4, -0.2) is 22.4 Å². The number of hydrogen-bond acceptors (Lipinski definition) is 4. The summed E-state index contributed by atoms with van der Waals surface area (Å²) >= 11 is 0. The van der Waals surface area contributed by atoms with Gasteiger partial charge in [0.2, 0.25) is 0 Å². The Bertz CT molecular complexity index is 1190. The molecule has 0 bridgehead atoms. The molecule has 0 saturated carbocycles. The maximum absolute atomic E-state index is 12.8. The zero-order valence-corrected chi connectivity index (χ0v) is 16.6. The fourth-order valence-electron chi connectivity index (χ4n) is 4.08. The van der Waals surface area contributed by atoms with E-state index in [1.165, 1.54) is 16.5 Å². The van der Waals surface area contributed by atoms with Crippen LogP contribution in [0.5, 0.6) is 0 Å². The minimum Gasteiger partial charge on any atom is -0.347 e. The summed E-state index contributed by atoms with van der Waals surface area (Å²) in [5, 5.41) is 0.536. The molecule has 142 valence electrons. The first-order valence-electron chi connectivity index (χ1n) is 9.33. The fourth-order valence-corrected chi connectivity index (χ4v) is 4.08. The summed E-state index contributed by atoms with van der Waals surface area (Å²) in [6.07, 6.45) is 3.12. The molecule has 4 rings (SSSR count). The van der Waals surface area contributed by atoms with E-state index in [9.17, 15) is 9.59 Å². The van der Waals surface area contributed by atoms with Crippen LogP contribution < -0.4 is 10.5 Å². The largest absolute Gasteiger partial charge is 0.347 e. The van der Waals surface area contributed by atoms with E-state index < -0.39 is 0 Å². The van der Waals surface area contributed by atoms with Gasteiger partial charge in [-0.3, -0.25) is 14.2 Å². The molecule has 5 heteroatoms. The number of hydrogen-bond donors (Lipinski definition) is 0. The molecule has 0 aliphatic carbocycles. The SMILES string of the molecule is Cc1cccc2c(=O)n(CC(=O)/C=C3\N(C)c4ccccc4C3(C)C)cnc12. The highest BCUT2D eigenvalue weighted by atomic mass is 16.1. The standard InChI is InChI=1S/C23H23N3O2/c1-15-8-7-9-17-21(15)24-14-26(22(17)28)13-16(27)12-20-23(2,3)18-10-5-6-11-19(18)25(20)4/h5-12,14H,13H2,1-4H3/b20-12-. The number of aromatic nitrogens is 2. The van der Waals surface area contributed by atoms with Gasteiger partial charge in [0.15, 0.2) is 5.78 Å². The predicted octanol–water partition coefficient (Wildman–Crippen LogP) is 3.59. The third-order valence-corrected chi connectivity index (χ3v) is 5.62. The Kier molecular flexibility index (Phi) is 4.18. The Labute approximate surface area is 163 Å². The number of carbonyl (C=O) groups excluding carboxylic acids is 1. The van der Waals surface area contributed by atoms with Crippen LogP contribution in [-0.2, 0) is 16.8 Å². The zero-order valence-electron chi connectivity index (χ0n) is 16.6. The van der Waals surface area contributed by atoms with Gasteiger partial charge in [0.25, 0.3) is 5.56 Å². The smallest absolute Gasteiger partial charge is 0.261 e. The van der Waals surface area contributed by atoms with Crippen molar-refractivity contribution in [2.45, 2.75) is 32.7 Å². The van der Waals surface area contributed by atoms with Crippen LogP contribution in [0.1, 0.15) is 25.0 Å². The lowest BCUT2D eigenvalue weighted by molar-refractivity contribution is -0.115. The van der Waals surface area contributed by atoms with Gasteiger partial charge in [-0.15, -0.1) is 0 Å². The van der Waals surface area contributed by atoms with Gasteiger partial charge < -0.3 is 4.90 Å². The summed E-state index contributed by atoms with van der Waals surface area (Å²) in [5.74, 6) is -0.126. The zero-order chi connectivity index (χ0) is 20.1. The van der Waals surface area contributed by atoms with Gasteiger partial charge in [0.1, 0.15) is 0 Å². The number of anilines is 1. The Morgan fingerprint density at radius 1 is 1.14 bits per heavy atom. The normalized spacial score (nSPS) is 16.6. The average molecular weight is 373 g/mol. The number of para-hydroxylation sites is 2. The first kappa shape index (κ1) is 18.2. The predicted molar refractivity (Wildman–Crippen MR) is 112 cm³/mol. The summed E-state index contributed by atoms with van der Waals surface area (Å²) in [6.45, 7) is 6.12. The third kappa shape index (κ3) is 2.74. The van der Waals surface area contributed by atoms with Crippen molar-refractivity contribution < 1.29 is 4.79 Å². The number of aryl methyl sites for hydroxylation is 1. The summed E-state index contributed by atoms with van der Waals surface area (Å²) in [4.78, 5) is 32.0. The number of allylic oxidation sites excluding steroid dienone is 2. The van der Waals surface area contributed by atoms with Crippen molar-refractivity contribution in [1.82, 2.24) is 9.55 Å². The molecule has 0 spiro atoms. The summed E-state index contributed by atoms with van der Waals surface area (Å²) in [5.41, 5.74) is 4.39. The molecule has 0 unspecified atom stereocenters. The van der Waals surface area contributed by atoms with Crippen LogP contribution in [0, 0.1) is 6.92 Å². The maximum atomic E-state index is 12.8. The van der Waals surface area contributed by atoms with Gasteiger partial charge in [-0.1, -0.05) is 44.2 Å². The molecule has 1 aliphatic rings. The second kappa shape index (κ2) is 6.44. The minimum atomic E-state index is -0.273. The number of carbonyl (C=O) groups is 1. The van der Waals surface area contributed by atoms with Crippen molar-refractivity contribution in [1.29, 1.82) is 0 Å². The van der Waals surface area contributed by atoms with Crippen molar-refractivity contribution in [2.75, 3.05) is 11.9 Å². The monoisotopic (exact) mass is 373 g/mol. The van der Waals surface area contributed by atoms with Crippen molar-refractivity contribution in [2.24, 2.45) is 0 Å². The first-order chi connectivity index (χ1) is 13.3. The number of ketones is 1. The molecule has 0 saturated heterocycles. The molecule has 1 aromatic heterocycles. The van der Waals surface area contributed by atoms with Crippen LogP contribution in [0.4, 0.5) is 5.69 Å². The van der Waals surface area contributed by atoms with Gasteiger partial charge in [0.05, 0.1) is 23.8 Å². The molecule has 0 N–H and O–H groups in total. The van der Waals surface area contributed by atoms with Crippen molar-refractivity contribution in [3.8, 4) is 0 Å². The topological polar surface area (TPSA) is 55.2 Å². The van der Waals surface area contributed by atoms with Crippen LogP contribution in [0.15, 0.2) is 65.4 Å². The van der Waals surface area contributed by atoms with Gasteiger partial charge in [0, 0.05) is 29.9 Å². The summed E-state index contributed by atoms with van der Waals surface area (Å²) < 4.78 is 1.39. The van der Waals surface area contributed by atoms with Crippen LogP contribution >= 0.6 is 0 Å². The lowest BCUT2D eigenvalue weighted by atomic mass is 9.83. The van der Waals surface area contributed by atoms with Gasteiger partial charge in [-0.2, -0.15) is 0 Å². The van der Waals surface area contributed by atoms with Crippen molar-refractivity contribution >= 4 is 22.4 Å². The van der Waals surface area contributed by atoms with E-state index >= 15 is 0 Å². The second-order valence-corrected chi connectivity index (χ2v) is 7.85. The third-order valence-electron chi connectivity index (χ3n) is 5.62. The number of benzene rings is 2. The number of nitrogens with zero attached hydrogens (tertiary/aromatic N) is 3. The number of fused-ring (bicyclic) bond motifs is 2. The summed E-state index contributed by atoms with van der Waals surface area (Å²) in [6, 6.07) is 13.7. The Morgan fingerprint density at radius 3 is 2.64 bits per heavy atom. The molecule has 2 aromatic carbocycles. The second-order valence-electron chi connectivity index (χ2n) is 7.85. The van der Waals surface area contributed by atoms with E-state index in [0.717, 1.165) is 16.9 Å². The van der Waals surface area contributed by atoms with Crippen LogP contribution in [0.3, 0.4) is 0 Å². The Morgan fingerprint density at radius 2 is 1.89 bits per heavy atom. The van der Waals surface area contributed by atoms with E-state index in [1.807, 2.05) is 38.2 Å². The molecule has 1 aliphatic heterocycles. The number of rotatable bonds is 3. The minimum absolute atomic E-state index is 0.0283. The van der Waals surface area contributed by atoms with Gasteiger partial charge in [-0.25, -0.2) is 4.98 Å². The summed E-state index contributed by atoms with van der Waals surface area (Å²) in [7, 11) is 1.97.